The molecular weight excluding hydrogens is 1230 g/mol. The van der Waals surface area contributed by atoms with E-state index in [2.05, 4.69) is 350 Å². The van der Waals surface area contributed by atoms with Crippen molar-refractivity contribution in [3.05, 3.63) is 173 Å². The van der Waals surface area contributed by atoms with Gasteiger partial charge in [-0.15, -0.1) is 14.3 Å². The number of benzene rings is 5. The minimum Gasteiger partial charge on any atom is -0.103 e. The van der Waals surface area contributed by atoms with Crippen LogP contribution in [0.15, 0.2) is 72.8 Å². The third-order valence-electron chi connectivity index (χ3n) is 21.1. The maximum Gasteiger partial charge on any atom is 0.0123 e. The average Bonchev–Trinajstić information content (AvgIpc) is 0.701. The van der Waals surface area contributed by atoms with E-state index in [-0.39, 0.29) is 65.0 Å². The Morgan fingerprint density at radius 2 is 0.385 bits per heavy atom. The van der Waals surface area contributed by atoms with Crippen LogP contribution in [0, 0.1) is 0 Å². The molecule has 0 amide bonds. The highest BCUT2D eigenvalue weighted by molar-refractivity contribution is 8.15. The monoisotopic (exact) mass is 1370 g/mol. The largest absolute Gasteiger partial charge is 0.103 e. The lowest BCUT2D eigenvalue weighted by atomic mass is 9.72. The van der Waals surface area contributed by atoms with Gasteiger partial charge in [0.2, 0.25) is 0 Å². The van der Waals surface area contributed by atoms with E-state index in [9.17, 15) is 0 Å². The highest BCUT2D eigenvalue weighted by atomic mass is 31.2. The molecule has 96 heavy (non-hydrogen) atoms. The maximum absolute atomic E-state index is 2.68. The zero-order valence-electron chi connectivity index (χ0n) is 69.7. The molecular formula is C92H142P4. The van der Waals surface area contributed by atoms with Crippen molar-refractivity contribution in [2.45, 2.75) is 378 Å². The molecule has 530 valence electrons. The van der Waals surface area contributed by atoms with Gasteiger partial charge in [0.05, 0.1) is 0 Å². The molecule has 0 aliphatic carbocycles. The summed E-state index contributed by atoms with van der Waals surface area (Å²) in [6.45, 7) is 99.5. The summed E-state index contributed by atoms with van der Waals surface area (Å²) in [7, 11) is -2.95. The van der Waals surface area contributed by atoms with Gasteiger partial charge in [0, 0.05) is 32.5 Å². The summed E-state index contributed by atoms with van der Waals surface area (Å²) in [5.74, 6) is 0. The number of hydrogen-bond donors (Lipinski definition) is 0. The fourth-order valence-electron chi connectivity index (χ4n) is 14.5. The van der Waals surface area contributed by atoms with Crippen LogP contribution in [-0.2, 0) is 77.3 Å². The predicted molar refractivity (Wildman–Crippen MR) is 448 cm³/mol. The van der Waals surface area contributed by atoms with Crippen LogP contribution in [0.4, 0.5) is 0 Å². The molecule has 0 saturated heterocycles. The minimum absolute atomic E-state index is 0.0153. The van der Waals surface area contributed by atoms with Crippen LogP contribution in [0.2, 0.25) is 0 Å². The summed E-state index contributed by atoms with van der Waals surface area (Å²) >= 11 is 0. The molecule has 0 aromatic heterocycles. The predicted octanol–water partition coefficient (Wildman–Crippen LogP) is 28.5. The third kappa shape index (κ3) is 16.6. The summed E-state index contributed by atoms with van der Waals surface area (Å²) in [5, 5.41) is 7.28. The number of rotatable bonds is 12. The van der Waals surface area contributed by atoms with E-state index in [1.807, 2.05) is 20.1 Å². The molecule has 0 radical (unpaired) electrons. The molecule has 0 bridgehead atoms. The van der Waals surface area contributed by atoms with Crippen molar-refractivity contribution in [2.24, 2.45) is 0 Å². The standard InChI is InChI=1S/C92H142P4/c1-41-57(3)95-77(73-65(85(17,18)19)47-61(81(5,6)7)48-66(73)86(20,21)22)93(78(95)74-67(87(23,24)25)49-62(82(8,9)10)50-68(74)88(26,27)28)55-59-43-45-60(46-44-59)56-94-79(75-69(89(29,30)31)51-63(83(11,12)13)52-70(75)90(32,33)34)96(58(4)42-2)80(94)76-71(91(35,36)37)53-64(84(14,15)16)54-72(76)92(38,39)40/h43-54,57-58H,41-42,55-56H2,1-40H3. The molecule has 5 aromatic carbocycles. The van der Waals surface area contributed by atoms with Gasteiger partial charge < -0.3 is 0 Å². The molecule has 0 nitrogen and oxygen atoms in total. The van der Waals surface area contributed by atoms with E-state index in [4.69, 9.17) is 0 Å². The first-order chi connectivity index (χ1) is 43.0. The van der Waals surface area contributed by atoms with Gasteiger partial charge >= 0.3 is 0 Å². The van der Waals surface area contributed by atoms with E-state index < -0.39 is 30.2 Å². The Morgan fingerprint density at radius 3 is 0.500 bits per heavy atom. The molecule has 2 unspecified atom stereocenters. The first kappa shape index (κ1) is 80.4. The van der Waals surface area contributed by atoms with Gasteiger partial charge in [0.25, 0.3) is 0 Å². The Morgan fingerprint density at radius 1 is 0.240 bits per heavy atom. The van der Waals surface area contributed by atoms with E-state index in [1.54, 1.807) is 66.8 Å². The number of hydrogen-bond acceptors (Lipinski definition) is 0. The van der Waals surface area contributed by atoms with Crippen LogP contribution in [0.1, 0.15) is 390 Å². The van der Waals surface area contributed by atoms with Crippen molar-refractivity contribution >= 4 is 50.3 Å². The molecule has 0 N–H and O–H groups in total. The van der Waals surface area contributed by atoms with Gasteiger partial charge in [-0.05, 0) is 205 Å². The summed E-state index contributed by atoms with van der Waals surface area (Å²) in [5.41, 5.74) is 28.4. The van der Waals surface area contributed by atoms with Crippen molar-refractivity contribution in [2.75, 3.05) is 0 Å². The maximum atomic E-state index is 2.68. The molecule has 2 aliphatic heterocycles. The van der Waals surface area contributed by atoms with Crippen LogP contribution in [0.25, 0.3) is 0 Å². The lowest BCUT2D eigenvalue weighted by Crippen LogP contribution is -2.33. The molecule has 5 aromatic rings. The second-order valence-electron chi connectivity index (χ2n) is 42.3. The fraction of sp³-hybridized carbons (Fsp3) is 0.630. The lowest BCUT2D eigenvalue weighted by Gasteiger charge is -2.45. The van der Waals surface area contributed by atoms with Crippen molar-refractivity contribution in [1.82, 2.24) is 0 Å². The highest BCUT2D eigenvalue weighted by Gasteiger charge is 2.47. The van der Waals surface area contributed by atoms with Crippen molar-refractivity contribution in [1.29, 1.82) is 0 Å². The molecule has 2 aliphatic rings. The Balaban J connectivity index is 1.71. The Bertz CT molecular complexity index is 3320. The summed E-state index contributed by atoms with van der Waals surface area (Å²) < 4.78 is 0. The highest BCUT2D eigenvalue weighted by Crippen LogP contribution is 2.69. The molecule has 7 rings (SSSR count). The van der Waals surface area contributed by atoms with E-state index in [1.165, 1.54) is 33.4 Å². The van der Waals surface area contributed by atoms with E-state index in [0.717, 1.165) is 25.2 Å². The van der Waals surface area contributed by atoms with Crippen LogP contribution >= 0.6 is 30.2 Å². The summed E-state index contributed by atoms with van der Waals surface area (Å²) in [6.07, 6.45) is 4.42. The van der Waals surface area contributed by atoms with Gasteiger partial charge in [-0.25, -0.2) is 0 Å². The molecule has 2 atom stereocenters. The first-order valence-electron chi connectivity index (χ1n) is 37.5. The van der Waals surface area contributed by atoms with Gasteiger partial charge in [-0.3, -0.25) is 0 Å². The minimum atomic E-state index is -0.790. The van der Waals surface area contributed by atoms with E-state index >= 15 is 0 Å². The van der Waals surface area contributed by atoms with Crippen LogP contribution in [0.5, 0.6) is 0 Å². The zero-order valence-corrected chi connectivity index (χ0v) is 73.3. The fourth-order valence-corrected chi connectivity index (χ4v) is 31.8. The molecule has 0 spiro atoms. The van der Waals surface area contributed by atoms with Crippen LogP contribution in [-0.4, -0.2) is 31.5 Å². The Labute approximate surface area is 597 Å². The topological polar surface area (TPSA) is 0 Å². The van der Waals surface area contributed by atoms with Gasteiger partial charge in [-0.1, -0.05) is 350 Å². The first-order valence-corrected chi connectivity index (χ1v) is 43.3. The van der Waals surface area contributed by atoms with Crippen molar-refractivity contribution in [3.8, 4) is 0 Å². The van der Waals surface area contributed by atoms with Crippen LogP contribution < -0.4 is 0 Å². The van der Waals surface area contributed by atoms with Gasteiger partial charge in [0.15, 0.2) is 0 Å². The van der Waals surface area contributed by atoms with Crippen molar-refractivity contribution < 1.29 is 0 Å². The SMILES string of the molecule is CCC(C)P1C(c2c(C(C)(C)C)cc(C(C)(C)C)cc2C(C)(C)C)=P(Cc2ccc(CP3=C(c4c(C(C)(C)C)cc(C(C)(C)C)cc4C(C)(C)C)P(C(C)CC)C=3c3c(C(C)(C)C)cc(C(C)(C)C)cc3C(C)(C)C)cc2)=C1c1c(C(C)(C)C)cc(C(C)(C)C)cc1C(C)(C)C. The molecule has 2 heterocycles. The molecule has 0 fully saturated rings. The quantitative estimate of drug-likeness (QED) is 0.109. The zero-order chi connectivity index (χ0) is 73.5. The smallest absolute Gasteiger partial charge is 0.0123 e. The molecule has 0 saturated carbocycles. The van der Waals surface area contributed by atoms with E-state index in [0.29, 0.717) is 11.3 Å². The normalized spacial score (nSPS) is 18.5. The van der Waals surface area contributed by atoms with Gasteiger partial charge in [0.1, 0.15) is 0 Å². The van der Waals surface area contributed by atoms with Crippen LogP contribution in [0.3, 0.4) is 0 Å². The summed E-state index contributed by atoms with van der Waals surface area (Å²) in [6, 6.07) is 31.9. The van der Waals surface area contributed by atoms with Gasteiger partial charge in [-0.2, -0.15) is 0 Å². The average molecular weight is 1370 g/mol. The van der Waals surface area contributed by atoms with Crippen molar-refractivity contribution in [3.63, 3.8) is 0 Å². The second kappa shape index (κ2) is 26.7. The second-order valence-corrected chi connectivity index (χ2v) is 52.9. The Hall–Kier alpha value is -2.96. The Kier molecular flexibility index (Phi) is 22.3. The third-order valence-corrected chi connectivity index (χ3v) is 36.1. The summed E-state index contributed by atoms with van der Waals surface area (Å²) in [4.78, 5) is 0. The molecule has 4 heteroatoms. The lowest BCUT2D eigenvalue weighted by molar-refractivity contribution is 0.546.